The lowest BCUT2D eigenvalue weighted by atomic mass is 9.90. The van der Waals surface area contributed by atoms with Crippen molar-refractivity contribution < 1.29 is 9.52 Å². The van der Waals surface area contributed by atoms with E-state index in [-0.39, 0.29) is 5.92 Å². The second-order valence-corrected chi connectivity index (χ2v) is 8.92. The van der Waals surface area contributed by atoms with Crippen LogP contribution in [0, 0.1) is 12.8 Å². The fourth-order valence-corrected chi connectivity index (χ4v) is 4.65. The highest BCUT2D eigenvalue weighted by Crippen LogP contribution is 2.31. The SMILES string of the molecule is Cc1oc(-c2ccc(-c3ccccc3)cc2)nc1CN1CCC(C(O)c2nccn2C)CC1. The van der Waals surface area contributed by atoms with Gasteiger partial charge in [0, 0.05) is 31.5 Å². The first kappa shape index (κ1) is 21.6. The Kier molecular flexibility index (Phi) is 6.11. The Labute approximate surface area is 194 Å². The highest BCUT2D eigenvalue weighted by Gasteiger charge is 2.29. The maximum Gasteiger partial charge on any atom is 0.226 e. The molecule has 2 aromatic heterocycles. The summed E-state index contributed by atoms with van der Waals surface area (Å²) in [4.78, 5) is 11.5. The van der Waals surface area contributed by atoms with Crippen molar-refractivity contribution in [3.05, 3.63) is 84.3 Å². The standard InChI is InChI=1S/C27H30N4O2/c1-19-24(18-31-15-12-22(13-16-31)25(32)26-28-14-17-30(26)2)29-27(33-19)23-10-8-21(9-11-23)20-6-4-3-5-7-20/h3-11,14,17,22,25,32H,12-13,15-16,18H2,1-2H3. The molecule has 170 valence electrons. The Morgan fingerprint density at radius 1 is 1.00 bits per heavy atom. The fraction of sp³-hybridized carbons (Fsp3) is 0.333. The summed E-state index contributed by atoms with van der Waals surface area (Å²) in [6.45, 7) is 4.61. The molecule has 1 saturated heterocycles. The van der Waals surface area contributed by atoms with Gasteiger partial charge in [0.15, 0.2) is 0 Å². The molecule has 1 aliphatic heterocycles. The minimum absolute atomic E-state index is 0.236. The first-order valence-electron chi connectivity index (χ1n) is 11.6. The Bertz CT molecular complexity index is 1190. The van der Waals surface area contributed by atoms with Gasteiger partial charge in [-0.05, 0) is 62.0 Å². The molecule has 6 nitrogen and oxygen atoms in total. The van der Waals surface area contributed by atoms with Crippen LogP contribution < -0.4 is 0 Å². The van der Waals surface area contributed by atoms with E-state index >= 15 is 0 Å². The van der Waals surface area contributed by atoms with Crippen LogP contribution in [0.3, 0.4) is 0 Å². The lowest BCUT2D eigenvalue weighted by Crippen LogP contribution is -2.35. The van der Waals surface area contributed by atoms with E-state index in [1.807, 2.05) is 30.8 Å². The van der Waals surface area contributed by atoms with Crippen molar-refractivity contribution in [3.8, 4) is 22.6 Å². The third kappa shape index (κ3) is 4.63. The number of oxazole rings is 1. The van der Waals surface area contributed by atoms with Crippen molar-refractivity contribution in [1.82, 2.24) is 19.4 Å². The van der Waals surface area contributed by atoms with Crippen molar-refractivity contribution in [2.24, 2.45) is 13.0 Å². The molecule has 0 amide bonds. The van der Waals surface area contributed by atoms with Crippen LogP contribution in [0.2, 0.25) is 0 Å². The largest absolute Gasteiger partial charge is 0.441 e. The predicted octanol–water partition coefficient (Wildman–Crippen LogP) is 5.00. The van der Waals surface area contributed by atoms with Crippen molar-refractivity contribution in [2.75, 3.05) is 13.1 Å². The summed E-state index contributed by atoms with van der Waals surface area (Å²) in [7, 11) is 1.93. The number of imidazole rings is 1. The van der Waals surface area contributed by atoms with E-state index in [0.717, 1.165) is 55.3 Å². The van der Waals surface area contributed by atoms with E-state index in [2.05, 4.69) is 58.4 Å². The Hall–Kier alpha value is -3.22. The van der Waals surface area contributed by atoms with Crippen molar-refractivity contribution >= 4 is 0 Å². The van der Waals surface area contributed by atoms with E-state index in [9.17, 15) is 5.11 Å². The number of hydrogen-bond acceptors (Lipinski definition) is 5. The zero-order chi connectivity index (χ0) is 22.8. The van der Waals surface area contributed by atoms with E-state index in [4.69, 9.17) is 9.40 Å². The molecule has 1 fully saturated rings. The van der Waals surface area contributed by atoms with Gasteiger partial charge in [-0.1, -0.05) is 42.5 Å². The average Bonchev–Trinajstić information content (AvgIpc) is 3.45. The second kappa shape index (κ2) is 9.33. The summed E-state index contributed by atoms with van der Waals surface area (Å²) < 4.78 is 7.93. The van der Waals surface area contributed by atoms with Gasteiger partial charge in [0.25, 0.3) is 0 Å². The molecule has 2 aromatic carbocycles. The van der Waals surface area contributed by atoms with Crippen LogP contribution in [0.4, 0.5) is 0 Å². The third-order valence-electron chi connectivity index (χ3n) is 6.71. The van der Waals surface area contributed by atoms with Gasteiger partial charge in [-0.25, -0.2) is 9.97 Å². The highest BCUT2D eigenvalue weighted by atomic mass is 16.4. The molecule has 5 rings (SSSR count). The van der Waals surface area contributed by atoms with Gasteiger partial charge in [-0.2, -0.15) is 0 Å². The first-order chi connectivity index (χ1) is 16.1. The molecule has 1 atom stereocenters. The number of aryl methyl sites for hydroxylation is 2. The highest BCUT2D eigenvalue weighted by molar-refractivity contribution is 5.67. The van der Waals surface area contributed by atoms with Gasteiger partial charge in [0.2, 0.25) is 5.89 Å². The Balaban J connectivity index is 1.21. The number of aliphatic hydroxyl groups is 1. The van der Waals surface area contributed by atoms with E-state index in [0.29, 0.717) is 5.89 Å². The molecule has 1 aliphatic rings. The number of likely N-dealkylation sites (tertiary alicyclic amines) is 1. The summed E-state index contributed by atoms with van der Waals surface area (Å²) in [6, 6.07) is 18.7. The molecule has 1 unspecified atom stereocenters. The van der Waals surface area contributed by atoms with Crippen LogP contribution in [0.15, 0.2) is 71.4 Å². The molecule has 1 N–H and O–H groups in total. The van der Waals surface area contributed by atoms with Crippen LogP contribution in [0.5, 0.6) is 0 Å². The number of aromatic nitrogens is 3. The monoisotopic (exact) mass is 442 g/mol. The molecule has 3 heterocycles. The predicted molar refractivity (Wildman–Crippen MR) is 128 cm³/mol. The summed E-state index contributed by atoms with van der Waals surface area (Å²) in [6.07, 6.45) is 5.01. The van der Waals surface area contributed by atoms with Crippen LogP contribution in [-0.2, 0) is 13.6 Å². The molecule has 6 heteroatoms. The van der Waals surface area contributed by atoms with Gasteiger partial charge in [0.1, 0.15) is 17.7 Å². The molecular formula is C27H30N4O2. The van der Waals surface area contributed by atoms with E-state index < -0.39 is 6.10 Å². The number of hydrogen-bond donors (Lipinski definition) is 1. The van der Waals surface area contributed by atoms with Crippen LogP contribution in [0.25, 0.3) is 22.6 Å². The average molecular weight is 443 g/mol. The van der Waals surface area contributed by atoms with E-state index in [1.54, 1.807) is 6.20 Å². The lowest BCUT2D eigenvalue weighted by molar-refractivity contribution is 0.0488. The summed E-state index contributed by atoms with van der Waals surface area (Å²) >= 11 is 0. The molecule has 0 saturated carbocycles. The van der Waals surface area contributed by atoms with Gasteiger partial charge in [-0.3, -0.25) is 4.90 Å². The minimum Gasteiger partial charge on any atom is -0.441 e. The Morgan fingerprint density at radius 3 is 2.33 bits per heavy atom. The van der Waals surface area contributed by atoms with Gasteiger partial charge >= 0.3 is 0 Å². The number of aliphatic hydroxyl groups excluding tert-OH is 1. The van der Waals surface area contributed by atoms with Crippen LogP contribution >= 0.6 is 0 Å². The molecule has 0 aliphatic carbocycles. The smallest absolute Gasteiger partial charge is 0.226 e. The van der Waals surface area contributed by atoms with Gasteiger partial charge < -0.3 is 14.1 Å². The number of piperidine rings is 1. The van der Waals surface area contributed by atoms with Crippen molar-refractivity contribution in [3.63, 3.8) is 0 Å². The fourth-order valence-electron chi connectivity index (χ4n) is 4.65. The van der Waals surface area contributed by atoms with Crippen LogP contribution in [0.1, 0.15) is 36.2 Å². The number of benzene rings is 2. The normalized spacial score (nSPS) is 16.2. The molecule has 0 spiro atoms. The summed E-state index contributed by atoms with van der Waals surface area (Å²) in [5.74, 6) is 2.53. The molecular weight excluding hydrogens is 412 g/mol. The van der Waals surface area contributed by atoms with E-state index in [1.165, 1.54) is 11.1 Å². The first-order valence-corrected chi connectivity index (χ1v) is 11.6. The molecule has 33 heavy (non-hydrogen) atoms. The molecule has 4 aromatic rings. The maximum atomic E-state index is 10.7. The summed E-state index contributed by atoms with van der Waals surface area (Å²) in [5.41, 5.74) is 4.35. The molecule has 0 radical (unpaired) electrons. The van der Waals surface area contributed by atoms with Crippen LogP contribution in [-0.4, -0.2) is 37.6 Å². The van der Waals surface area contributed by atoms with Crippen molar-refractivity contribution in [1.29, 1.82) is 0 Å². The molecule has 0 bridgehead atoms. The van der Waals surface area contributed by atoms with Gasteiger partial charge in [0.05, 0.1) is 5.69 Å². The maximum absolute atomic E-state index is 10.7. The van der Waals surface area contributed by atoms with Crippen molar-refractivity contribution in [2.45, 2.75) is 32.4 Å². The number of rotatable bonds is 6. The topological polar surface area (TPSA) is 67.3 Å². The zero-order valence-corrected chi connectivity index (χ0v) is 19.2. The minimum atomic E-state index is -0.508. The van der Waals surface area contributed by atoms with Gasteiger partial charge in [-0.15, -0.1) is 0 Å². The third-order valence-corrected chi connectivity index (χ3v) is 6.71. The second-order valence-electron chi connectivity index (χ2n) is 8.92. The Morgan fingerprint density at radius 2 is 1.67 bits per heavy atom. The lowest BCUT2D eigenvalue weighted by Gasteiger charge is -2.33. The zero-order valence-electron chi connectivity index (χ0n) is 19.2. The quantitative estimate of drug-likeness (QED) is 0.455. The number of nitrogens with zero attached hydrogens (tertiary/aromatic N) is 4. The summed E-state index contributed by atoms with van der Waals surface area (Å²) in [5, 5.41) is 10.7.